The number of aromatic nitrogens is 2. The van der Waals surface area contributed by atoms with E-state index in [4.69, 9.17) is 4.42 Å². The highest BCUT2D eigenvalue weighted by Crippen LogP contribution is 2.18. The minimum absolute atomic E-state index is 0.0228. The lowest BCUT2D eigenvalue weighted by Gasteiger charge is -2.22. The summed E-state index contributed by atoms with van der Waals surface area (Å²) in [4.78, 5) is 14.0. The van der Waals surface area contributed by atoms with Crippen LogP contribution >= 0.6 is 0 Å². The fourth-order valence-corrected chi connectivity index (χ4v) is 3.45. The van der Waals surface area contributed by atoms with Crippen LogP contribution in [0.25, 0.3) is 0 Å². The predicted octanol–water partition coefficient (Wildman–Crippen LogP) is 2.55. The van der Waals surface area contributed by atoms with Crippen molar-refractivity contribution in [2.45, 2.75) is 57.4 Å². The van der Waals surface area contributed by atoms with Crippen molar-refractivity contribution in [2.75, 3.05) is 13.2 Å². The van der Waals surface area contributed by atoms with Gasteiger partial charge < -0.3 is 14.4 Å². The van der Waals surface area contributed by atoms with E-state index in [0.29, 0.717) is 24.6 Å². The zero-order chi connectivity index (χ0) is 18.2. The number of aliphatic hydroxyl groups excluding tert-OH is 1. The number of hydrogen-bond donors (Lipinski definition) is 1. The Balaban J connectivity index is 1.37. The first-order valence-corrected chi connectivity index (χ1v) is 9.52. The molecule has 1 aromatic heterocycles. The molecular weight excluding hydrogens is 330 g/mol. The highest BCUT2D eigenvalue weighted by Gasteiger charge is 2.27. The second-order valence-electron chi connectivity index (χ2n) is 6.85. The van der Waals surface area contributed by atoms with Crippen molar-refractivity contribution in [3.63, 3.8) is 0 Å². The minimum Gasteiger partial charge on any atom is -0.425 e. The van der Waals surface area contributed by atoms with Crippen LogP contribution < -0.4 is 0 Å². The number of rotatable bonds is 9. The van der Waals surface area contributed by atoms with Crippen LogP contribution in [0.2, 0.25) is 0 Å². The lowest BCUT2D eigenvalue weighted by molar-refractivity contribution is -0.132. The maximum atomic E-state index is 12.3. The third-order valence-corrected chi connectivity index (χ3v) is 4.92. The van der Waals surface area contributed by atoms with Gasteiger partial charge in [0.1, 0.15) is 0 Å². The molecule has 2 heterocycles. The number of likely N-dealkylation sites (tertiary alicyclic amines) is 1. The van der Waals surface area contributed by atoms with Gasteiger partial charge in [-0.05, 0) is 37.7 Å². The molecule has 140 valence electrons. The van der Waals surface area contributed by atoms with Crippen molar-refractivity contribution in [1.82, 2.24) is 15.1 Å². The number of aryl methyl sites for hydroxylation is 3. The average molecular weight is 357 g/mol. The van der Waals surface area contributed by atoms with Crippen molar-refractivity contribution in [2.24, 2.45) is 0 Å². The Hall–Kier alpha value is -2.21. The van der Waals surface area contributed by atoms with E-state index in [0.717, 1.165) is 45.1 Å². The molecule has 6 heteroatoms. The summed E-state index contributed by atoms with van der Waals surface area (Å²) in [6.07, 6.45) is 6.57. The van der Waals surface area contributed by atoms with Crippen molar-refractivity contribution in [1.29, 1.82) is 0 Å². The van der Waals surface area contributed by atoms with Crippen molar-refractivity contribution in [3.8, 4) is 0 Å². The number of aliphatic hydroxyl groups is 1. The summed E-state index contributed by atoms with van der Waals surface area (Å²) in [5.74, 6) is 1.23. The topological polar surface area (TPSA) is 79.5 Å². The van der Waals surface area contributed by atoms with Gasteiger partial charge in [-0.15, -0.1) is 10.2 Å². The Labute approximate surface area is 154 Å². The molecule has 1 saturated heterocycles. The molecule has 0 radical (unpaired) electrons. The molecule has 1 aromatic carbocycles. The summed E-state index contributed by atoms with van der Waals surface area (Å²) in [5.41, 5.74) is 1.35. The molecule has 1 amide bonds. The zero-order valence-electron chi connectivity index (χ0n) is 15.1. The molecule has 2 aromatic rings. The first-order chi connectivity index (χ1) is 12.8. The highest BCUT2D eigenvalue weighted by atomic mass is 16.4. The van der Waals surface area contributed by atoms with Crippen LogP contribution in [-0.2, 0) is 24.1 Å². The zero-order valence-corrected chi connectivity index (χ0v) is 15.1. The van der Waals surface area contributed by atoms with Gasteiger partial charge in [0.2, 0.25) is 17.7 Å². The van der Waals surface area contributed by atoms with Crippen LogP contribution in [0.15, 0.2) is 34.7 Å². The number of hydrogen-bond acceptors (Lipinski definition) is 5. The molecule has 26 heavy (non-hydrogen) atoms. The SMILES string of the molecule is O=C(CCc1nnc(CCCCc2ccccc2)o1)N1CCC[C@H]1CO. The minimum atomic E-state index is -0.0228. The third kappa shape index (κ3) is 5.14. The number of nitrogens with zero attached hydrogens (tertiary/aromatic N) is 3. The number of carbonyl (C=O) groups excluding carboxylic acids is 1. The average Bonchev–Trinajstić information content (AvgIpc) is 3.33. The quantitative estimate of drug-likeness (QED) is 0.698. The summed E-state index contributed by atoms with van der Waals surface area (Å²) < 4.78 is 5.66. The van der Waals surface area contributed by atoms with E-state index < -0.39 is 0 Å². The van der Waals surface area contributed by atoms with Crippen LogP contribution in [0.1, 0.15) is 49.4 Å². The van der Waals surface area contributed by atoms with Gasteiger partial charge in [0.25, 0.3) is 0 Å². The lowest BCUT2D eigenvalue weighted by Crippen LogP contribution is -2.37. The second-order valence-corrected chi connectivity index (χ2v) is 6.85. The van der Waals surface area contributed by atoms with E-state index in [-0.39, 0.29) is 18.6 Å². The largest absolute Gasteiger partial charge is 0.425 e. The monoisotopic (exact) mass is 357 g/mol. The first-order valence-electron chi connectivity index (χ1n) is 9.52. The number of unbranched alkanes of at least 4 members (excludes halogenated alkanes) is 1. The van der Waals surface area contributed by atoms with Crippen LogP contribution in [0.5, 0.6) is 0 Å². The smallest absolute Gasteiger partial charge is 0.223 e. The molecule has 1 aliphatic rings. The first kappa shape index (κ1) is 18.6. The van der Waals surface area contributed by atoms with E-state index in [1.165, 1.54) is 5.56 Å². The molecule has 1 fully saturated rings. The number of amides is 1. The molecule has 6 nitrogen and oxygen atoms in total. The van der Waals surface area contributed by atoms with Gasteiger partial charge in [-0.1, -0.05) is 30.3 Å². The van der Waals surface area contributed by atoms with E-state index >= 15 is 0 Å². The van der Waals surface area contributed by atoms with E-state index in [2.05, 4.69) is 34.5 Å². The summed E-state index contributed by atoms with van der Waals surface area (Å²) in [6.45, 7) is 0.778. The predicted molar refractivity (Wildman–Crippen MR) is 97.5 cm³/mol. The summed E-state index contributed by atoms with van der Waals surface area (Å²) in [5, 5.41) is 17.5. The Morgan fingerprint density at radius 2 is 1.85 bits per heavy atom. The molecular formula is C20H27N3O3. The standard InChI is InChI=1S/C20H27N3O3/c24-15-17-10-6-14-23(17)20(25)13-12-19-22-21-18(26-19)11-5-4-9-16-7-2-1-3-8-16/h1-3,7-8,17,24H,4-6,9-15H2/t17-/m0/s1. The van der Waals surface area contributed by atoms with Crippen LogP contribution in [0.4, 0.5) is 0 Å². The molecule has 1 atom stereocenters. The van der Waals surface area contributed by atoms with Gasteiger partial charge in [-0.3, -0.25) is 4.79 Å². The molecule has 3 rings (SSSR count). The van der Waals surface area contributed by atoms with Crippen molar-refractivity contribution >= 4 is 5.91 Å². The normalized spacial score (nSPS) is 17.0. The molecule has 0 unspecified atom stereocenters. The molecule has 0 bridgehead atoms. The molecule has 0 saturated carbocycles. The van der Waals surface area contributed by atoms with Crippen molar-refractivity contribution in [3.05, 3.63) is 47.7 Å². The van der Waals surface area contributed by atoms with Gasteiger partial charge in [0, 0.05) is 25.8 Å². The second kappa shape index (κ2) is 9.48. The Bertz CT molecular complexity index is 687. The highest BCUT2D eigenvalue weighted by molar-refractivity contribution is 5.77. The maximum Gasteiger partial charge on any atom is 0.223 e. The summed E-state index contributed by atoms with van der Waals surface area (Å²) in [7, 11) is 0. The van der Waals surface area contributed by atoms with Crippen LogP contribution in [0, 0.1) is 0 Å². The van der Waals surface area contributed by atoms with Gasteiger partial charge in [0.15, 0.2) is 0 Å². The Morgan fingerprint density at radius 3 is 2.62 bits per heavy atom. The molecule has 1 aliphatic heterocycles. The fourth-order valence-electron chi connectivity index (χ4n) is 3.45. The van der Waals surface area contributed by atoms with Gasteiger partial charge in [0.05, 0.1) is 12.6 Å². The van der Waals surface area contributed by atoms with E-state index in [9.17, 15) is 9.90 Å². The fraction of sp³-hybridized carbons (Fsp3) is 0.550. The summed E-state index contributed by atoms with van der Waals surface area (Å²) in [6, 6.07) is 10.4. The van der Waals surface area contributed by atoms with Gasteiger partial charge in [-0.25, -0.2) is 0 Å². The van der Waals surface area contributed by atoms with Crippen LogP contribution in [0.3, 0.4) is 0 Å². The number of benzene rings is 1. The van der Waals surface area contributed by atoms with E-state index in [1.54, 1.807) is 4.90 Å². The maximum absolute atomic E-state index is 12.3. The van der Waals surface area contributed by atoms with Gasteiger partial charge >= 0.3 is 0 Å². The Kier molecular flexibility index (Phi) is 6.77. The molecule has 0 aliphatic carbocycles. The van der Waals surface area contributed by atoms with Crippen molar-refractivity contribution < 1.29 is 14.3 Å². The third-order valence-electron chi connectivity index (χ3n) is 4.92. The Morgan fingerprint density at radius 1 is 1.12 bits per heavy atom. The van der Waals surface area contributed by atoms with Crippen LogP contribution in [-0.4, -0.2) is 45.3 Å². The van der Waals surface area contributed by atoms with Gasteiger partial charge in [-0.2, -0.15) is 0 Å². The van der Waals surface area contributed by atoms with E-state index in [1.807, 2.05) is 6.07 Å². The lowest BCUT2D eigenvalue weighted by atomic mass is 10.1. The molecule has 1 N–H and O–H groups in total. The number of carbonyl (C=O) groups is 1. The molecule has 0 spiro atoms. The summed E-state index contributed by atoms with van der Waals surface area (Å²) >= 11 is 0.